The number of amides is 2. The maximum Gasteiger partial charge on any atom is 0.238 e. The van der Waals surface area contributed by atoms with Gasteiger partial charge in [-0.2, -0.15) is 0 Å². The molecule has 1 fully saturated rings. The van der Waals surface area contributed by atoms with Crippen molar-refractivity contribution in [1.29, 1.82) is 0 Å². The highest BCUT2D eigenvalue weighted by Crippen LogP contribution is 2.22. The maximum atomic E-state index is 12.8. The molecule has 150 valence electrons. The summed E-state index contributed by atoms with van der Waals surface area (Å²) >= 11 is 0. The van der Waals surface area contributed by atoms with Crippen molar-refractivity contribution in [3.05, 3.63) is 29.8 Å². The van der Waals surface area contributed by atoms with Crippen LogP contribution in [0.25, 0.3) is 0 Å². The van der Waals surface area contributed by atoms with Crippen LogP contribution in [0.4, 0.5) is 0 Å². The number of rotatable bonds is 6. The second kappa shape index (κ2) is 8.84. The molecule has 0 unspecified atom stereocenters. The number of nitrogens with one attached hydrogen (secondary N) is 1. The van der Waals surface area contributed by atoms with Gasteiger partial charge in [0.1, 0.15) is 5.41 Å². The minimum atomic E-state index is -3.71. The molecule has 0 spiro atoms. The molecule has 3 N–H and O–H groups in total. The Hall–Kier alpha value is -1.93. The van der Waals surface area contributed by atoms with Crippen LogP contribution in [0.5, 0.6) is 0 Å². The zero-order valence-corrected chi connectivity index (χ0v) is 16.8. The van der Waals surface area contributed by atoms with Gasteiger partial charge in [0.25, 0.3) is 0 Å². The molecule has 0 bridgehead atoms. The van der Waals surface area contributed by atoms with Gasteiger partial charge in [-0.3, -0.25) is 9.59 Å². The smallest absolute Gasteiger partial charge is 0.238 e. The minimum Gasteiger partial charge on any atom is -0.355 e. The van der Waals surface area contributed by atoms with E-state index in [2.05, 4.69) is 5.32 Å². The highest BCUT2D eigenvalue weighted by Gasteiger charge is 2.38. The largest absolute Gasteiger partial charge is 0.355 e. The van der Waals surface area contributed by atoms with E-state index >= 15 is 0 Å². The van der Waals surface area contributed by atoms with Gasteiger partial charge in [-0.15, -0.1) is 0 Å². The van der Waals surface area contributed by atoms with Crippen LogP contribution >= 0.6 is 0 Å². The molecular weight excluding hydrogens is 366 g/mol. The van der Waals surface area contributed by atoms with Gasteiger partial charge in [0, 0.05) is 19.6 Å². The van der Waals surface area contributed by atoms with E-state index in [9.17, 15) is 18.0 Å². The number of primary sulfonamides is 1. The number of carbonyl (C=O) groups excluding carboxylic acids is 2. The van der Waals surface area contributed by atoms with E-state index in [1.807, 2.05) is 0 Å². The van der Waals surface area contributed by atoms with Crippen LogP contribution in [-0.2, 0) is 26.0 Å². The fraction of sp³-hybridized carbons (Fsp3) is 0.579. The van der Waals surface area contributed by atoms with E-state index in [1.165, 1.54) is 12.1 Å². The summed E-state index contributed by atoms with van der Waals surface area (Å²) in [5.41, 5.74) is -0.235. The van der Waals surface area contributed by atoms with E-state index in [4.69, 9.17) is 5.14 Å². The van der Waals surface area contributed by atoms with Crippen LogP contribution < -0.4 is 10.5 Å². The molecule has 2 rings (SSSR count). The first kappa shape index (κ1) is 21.4. The summed E-state index contributed by atoms with van der Waals surface area (Å²) in [5.74, 6) is -0.419. The Balaban J connectivity index is 1.89. The molecule has 27 heavy (non-hydrogen) atoms. The van der Waals surface area contributed by atoms with E-state index in [-0.39, 0.29) is 16.7 Å². The van der Waals surface area contributed by atoms with Crippen LogP contribution in [0, 0.1) is 5.41 Å². The number of hydrogen-bond acceptors (Lipinski definition) is 4. The number of sulfonamides is 1. The van der Waals surface area contributed by atoms with Crippen molar-refractivity contribution in [3.63, 3.8) is 0 Å². The van der Waals surface area contributed by atoms with E-state index in [0.717, 1.165) is 31.2 Å². The number of carbonyl (C=O) groups is 2. The summed E-state index contributed by atoms with van der Waals surface area (Å²) in [6.07, 6.45) is 4.75. The summed E-state index contributed by atoms with van der Waals surface area (Å²) in [5, 5.41) is 7.90. The molecule has 1 heterocycles. The predicted octanol–water partition coefficient (Wildman–Crippen LogP) is 1.42. The van der Waals surface area contributed by atoms with Gasteiger partial charge in [-0.05, 0) is 50.8 Å². The molecule has 1 aliphatic rings. The topological polar surface area (TPSA) is 110 Å². The molecule has 0 atom stereocenters. The fourth-order valence-corrected chi connectivity index (χ4v) is 3.67. The van der Waals surface area contributed by atoms with Gasteiger partial charge in [0.15, 0.2) is 0 Å². The third kappa shape index (κ3) is 5.77. The Bertz CT molecular complexity index is 765. The first-order valence-electron chi connectivity index (χ1n) is 9.32. The van der Waals surface area contributed by atoms with Crippen LogP contribution in [0.1, 0.15) is 45.1 Å². The van der Waals surface area contributed by atoms with Crippen molar-refractivity contribution in [2.75, 3.05) is 19.6 Å². The Morgan fingerprint density at radius 1 is 1.07 bits per heavy atom. The van der Waals surface area contributed by atoms with Gasteiger partial charge in [-0.1, -0.05) is 25.0 Å². The first-order chi connectivity index (χ1) is 12.6. The van der Waals surface area contributed by atoms with Crippen LogP contribution in [0.2, 0.25) is 0 Å². The molecule has 0 aliphatic carbocycles. The van der Waals surface area contributed by atoms with Gasteiger partial charge in [0.05, 0.1) is 4.90 Å². The molecule has 7 nitrogen and oxygen atoms in total. The van der Waals surface area contributed by atoms with Gasteiger partial charge in [-0.25, -0.2) is 13.6 Å². The molecule has 1 saturated heterocycles. The third-order valence-corrected chi connectivity index (χ3v) is 5.88. The highest BCUT2D eigenvalue weighted by molar-refractivity contribution is 7.89. The standard InChI is InChI=1S/C19H29N3O4S/c1-19(2,18(24)22-13-5-3-4-6-14-22)17(23)21-12-11-15-7-9-16(10-8-15)27(20,25)26/h7-10H,3-6,11-14H2,1-2H3,(H,21,23)(H2,20,25,26). The lowest BCUT2D eigenvalue weighted by Gasteiger charge is -2.30. The summed E-state index contributed by atoms with van der Waals surface area (Å²) in [7, 11) is -3.71. The van der Waals surface area contributed by atoms with Crippen molar-refractivity contribution >= 4 is 21.8 Å². The predicted molar refractivity (Wildman–Crippen MR) is 103 cm³/mol. The van der Waals surface area contributed by atoms with Gasteiger partial charge in [0.2, 0.25) is 21.8 Å². The first-order valence-corrected chi connectivity index (χ1v) is 10.9. The lowest BCUT2D eigenvalue weighted by Crippen LogP contribution is -2.50. The lowest BCUT2D eigenvalue weighted by molar-refractivity contribution is -0.148. The normalized spacial score (nSPS) is 15.9. The zero-order chi connectivity index (χ0) is 20.1. The van der Waals surface area contributed by atoms with Crippen LogP contribution in [0.3, 0.4) is 0 Å². The average Bonchev–Trinajstić information content (AvgIpc) is 2.90. The fourth-order valence-electron chi connectivity index (χ4n) is 3.15. The summed E-state index contributed by atoms with van der Waals surface area (Å²) in [6, 6.07) is 6.22. The second-order valence-electron chi connectivity index (χ2n) is 7.53. The van der Waals surface area contributed by atoms with Crippen molar-refractivity contribution < 1.29 is 18.0 Å². The van der Waals surface area contributed by atoms with Crippen molar-refractivity contribution in [2.45, 2.75) is 50.8 Å². The Morgan fingerprint density at radius 3 is 2.15 bits per heavy atom. The molecular formula is C19H29N3O4S. The van der Waals surface area contributed by atoms with E-state index in [0.29, 0.717) is 26.1 Å². The molecule has 8 heteroatoms. The Morgan fingerprint density at radius 2 is 1.63 bits per heavy atom. The van der Waals surface area contributed by atoms with Gasteiger partial charge < -0.3 is 10.2 Å². The maximum absolute atomic E-state index is 12.8. The monoisotopic (exact) mass is 395 g/mol. The van der Waals surface area contributed by atoms with Crippen LogP contribution in [0.15, 0.2) is 29.2 Å². The molecule has 1 aliphatic heterocycles. The summed E-state index contributed by atoms with van der Waals surface area (Å²) in [6.45, 7) is 5.12. The molecule has 0 aromatic heterocycles. The third-order valence-electron chi connectivity index (χ3n) is 4.95. The average molecular weight is 396 g/mol. The number of benzene rings is 1. The summed E-state index contributed by atoms with van der Waals surface area (Å²) < 4.78 is 22.5. The molecule has 2 amide bonds. The van der Waals surface area contributed by atoms with E-state index < -0.39 is 15.4 Å². The summed E-state index contributed by atoms with van der Waals surface area (Å²) in [4.78, 5) is 27.2. The Labute approximate surface area is 161 Å². The molecule has 0 saturated carbocycles. The quantitative estimate of drug-likeness (QED) is 0.710. The number of hydrogen-bond donors (Lipinski definition) is 2. The lowest BCUT2D eigenvalue weighted by atomic mass is 9.90. The SMILES string of the molecule is CC(C)(C(=O)NCCc1ccc(S(N)(=O)=O)cc1)C(=O)N1CCCCCC1. The van der Waals surface area contributed by atoms with Crippen molar-refractivity contribution in [1.82, 2.24) is 10.2 Å². The van der Waals surface area contributed by atoms with E-state index in [1.54, 1.807) is 30.9 Å². The Kier molecular flexibility index (Phi) is 7.00. The highest BCUT2D eigenvalue weighted by atomic mass is 32.2. The number of likely N-dealkylation sites (tertiary alicyclic amines) is 1. The van der Waals surface area contributed by atoms with Crippen molar-refractivity contribution in [2.24, 2.45) is 10.6 Å². The van der Waals surface area contributed by atoms with Gasteiger partial charge >= 0.3 is 0 Å². The minimum absolute atomic E-state index is 0.0551. The molecule has 1 aromatic rings. The number of nitrogens with zero attached hydrogens (tertiary/aromatic N) is 1. The second-order valence-corrected chi connectivity index (χ2v) is 9.09. The number of nitrogens with two attached hydrogens (primary N) is 1. The van der Waals surface area contributed by atoms with Crippen LogP contribution in [-0.4, -0.2) is 44.8 Å². The molecule has 1 aromatic carbocycles. The zero-order valence-electron chi connectivity index (χ0n) is 16.0. The van der Waals surface area contributed by atoms with Crippen molar-refractivity contribution in [3.8, 4) is 0 Å². The molecule has 0 radical (unpaired) electrons.